The van der Waals surface area contributed by atoms with Crippen LogP contribution in [0.2, 0.25) is 5.02 Å². The average Bonchev–Trinajstić information content (AvgIpc) is 2.76. The van der Waals surface area contributed by atoms with Crippen molar-refractivity contribution in [3.05, 3.63) is 50.4 Å². The Bertz CT molecular complexity index is 602. The van der Waals surface area contributed by atoms with Crippen molar-refractivity contribution < 1.29 is 14.7 Å². The second kappa shape index (κ2) is 5.50. The second-order valence-corrected chi connectivity index (χ2v) is 5.47. The van der Waals surface area contributed by atoms with Crippen LogP contribution in [-0.2, 0) is 6.42 Å². The summed E-state index contributed by atoms with van der Waals surface area (Å²) in [6.07, 6.45) is 0.482. The molecule has 0 aliphatic heterocycles. The molecule has 1 aromatic heterocycles. The van der Waals surface area contributed by atoms with Gasteiger partial charge >= 0.3 is 5.97 Å². The number of nitrogens with zero attached hydrogens (tertiary/aromatic N) is 1. The number of Topliss-reactive ketones (excluding diaryl/α,β-unsaturated/α-hetero) is 1. The number of benzene rings is 1. The summed E-state index contributed by atoms with van der Waals surface area (Å²) in [5.41, 5.74) is 0.798. The molecule has 4 nitrogen and oxygen atoms in total. The first kappa shape index (κ1) is 13.7. The minimum atomic E-state index is -1.18. The third kappa shape index (κ3) is 3.19. The van der Waals surface area contributed by atoms with Gasteiger partial charge < -0.3 is 5.11 Å². The molecule has 0 radical (unpaired) electrons. The first-order valence-corrected chi connectivity index (χ1v) is 6.65. The quantitative estimate of drug-likeness (QED) is 0.879. The standard InChI is InChI=1S/C13H10ClNO3S/c1-7(16)12-11(13(17)18)15-10(19-12)6-8-2-4-9(14)5-3-8/h2-5H,6H2,1H3,(H,17,18). The van der Waals surface area contributed by atoms with Crippen LogP contribution >= 0.6 is 22.9 Å². The van der Waals surface area contributed by atoms with Crippen LogP contribution in [0, 0.1) is 0 Å². The van der Waals surface area contributed by atoms with Gasteiger partial charge in [0.25, 0.3) is 0 Å². The molecule has 0 atom stereocenters. The molecule has 0 unspecified atom stereocenters. The molecule has 1 aromatic carbocycles. The van der Waals surface area contributed by atoms with Gasteiger partial charge in [-0.1, -0.05) is 23.7 Å². The van der Waals surface area contributed by atoms with E-state index in [4.69, 9.17) is 16.7 Å². The Morgan fingerprint density at radius 1 is 1.32 bits per heavy atom. The topological polar surface area (TPSA) is 67.3 Å². The number of halogens is 1. The molecule has 0 aliphatic carbocycles. The minimum Gasteiger partial charge on any atom is -0.476 e. The fraction of sp³-hybridized carbons (Fsp3) is 0.154. The number of thiazole rings is 1. The van der Waals surface area contributed by atoms with E-state index < -0.39 is 5.97 Å². The maximum Gasteiger partial charge on any atom is 0.356 e. The number of carbonyl (C=O) groups excluding carboxylic acids is 1. The highest BCUT2D eigenvalue weighted by atomic mass is 35.5. The van der Waals surface area contributed by atoms with Crippen LogP contribution in [0.3, 0.4) is 0 Å². The van der Waals surface area contributed by atoms with Crippen molar-refractivity contribution in [2.75, 3.05) is 0 Å². The molecule has 0 bridgehead atoms. The Hall–Kier alpha value is -1.72. The van der Waals surface area contributed by atoms with E-state index in [1.165, 1.54) is 6.92 Å². The zero-order chi connectivity index (χ0) is 14.0. The molecule has 19 heavy (non-hydrogen) atoms. The van der Waals surface area contributed by atoms with Crippen molar-refractivity contribution in [2.24, 2.45) is 0 Å². The van der Waals surface area contributed by atoms with Gasteiger partial charge in [0.1, 0.15) is 4.88 Å². The summed E-state index contributed by atoms with van der Waals surface area (Å²) in [6.45, 7) is 1.34. The molecule has 2 aromatic rings. The molecule has 0 fully saturated rings. The van der Waals surface area contributed by atoms with E-state index in [1.54, 1.807) is 12.1 Å². The summed E-state index contributed by atoms with van der Waals surface area (Å²) >= 11 is 6.91. The number of aromatic nitrogens is 1. The van der Waals surface area contributed by atoms with Crippen molar-refractivity contribution in [2.45, 2.75) is 13.3 Å². The number of carboxylic acids is 1. The number of hydrogen-bond donors (Lipinski definition) is 1. The third-order valence-electron chi connectivity index (χ3n) is 2.46. The molecule has 6 heteroatoms. The SMILES string of the molecule is CC(=O)c1sc(Cc2ccc(Cl)cc2)nc1C(=O)O. The minimum absolute atomic E-state index is 0.165. The van der Waals surface area contributed by atoms with Crippen molar-refractivity contribution in [1.82, 2.24) is 4.98 Å². The van der Waals surface area contributed by atoms with Crippen LogP contribution < -0.4 is 0 Å². The molecule has 0 saturated carbocycles. The average molecular weight is 296 g/mol. The molecule has 2 rings (SSSR count). The van der Waals surface area contributed by atoms with E-state index in [-0.39, 0.29) is 16.4 Å². The Morgan fingerprint density at radius 3 is 2.42 bits per heavy atom. The number of rotatable bonds is 4. The summed E-state index contributed by atoms with van der Waals surface area (Å²) in [6, 6.07) is 7.21. The predicted molar refractivity (Wildman–Crippen MR) is 73.3 cm³/mol. The number of carbonyl (C=O) groups is 2. The third-order valence-corrected chi connectivity index (χ3v) is 3.87. The Labute approximate surface area is 118 Å². The summed E-state index contributed by atoms with van der Waals surface area (Å²) in [5, 5.41) is 10.2. The van der Waals surface area contributed by atoms with Gasteiger partial charge in [-0.3, -0.25) is 4.79 Å². The summed E-state index contributed by atoms with van der Waals surface area (Å²) in [7, 11) is 0. The first-order valence-electron chi connectivity index (χ1n) is 5.45. The van der Waals surface area contributed by atoms with Crippen molar-refractivity contribution in [1.29, 1.82) is 0 Å². The van der Waals surface area contributed by atoms with Crippen LogP contribution in [-0.4, -0.2) is 21.8 Å². The second-order valence-electron chi connectivity index (χ2n) is 3.95. The Balaban J connectivity index is 2.31. The van der Waals surface area contributed by atoms with Crippen molar-refractivity contribution in [3.8, 4) is 0 Å². The highest BCUT2D eigenvalue weighted by molar-refractivity contribution is 7.14. The molecule has 1 heterocycles. The van der Waals surface area contributed by atoms with Crippen LogP contribution in [0.4, 0.5) is 0 Å². The van der Waals surface area contributed by atoms with Crippen LogP contribution in [0.1, 0.15) is 37.7 Å². The lowest BCUT2D eigenvalue weighted by Crippen LogP contribution is -2.03. The van der Waals surface area contributed by atoms with E-state index in [0.29, 0.717) is 16.5 Å². The van der Waals surface area contributed by atoms with Gasteiger partial charge in [-0.2, -0.15) is 0 Å². The summed E-state index contributed by atoms with van der Waals surface area (Å²) < 4.78 is 0. The highest BCUT2D eigenvalue weighted by Gasteiger charge is 2.20. The van der Waals surface area contributed by atoms with Crippen LogP contribution in [0.25, 0.3) is 0 Å². The van der Waals surface area contributed by atoms with Crippen molar-refractivity contribution >= 4 is 34.7 Å². The molecule has 98 valence electrons. The number of aromatic carboxylic acids is 1. The van der Waals surface area contributed by atoms with Crippen LogP contribution in [0.5, 0.6) is 0 Å². The van der Waals surface area contributed by atoms with Crippen molar-refractivity contribution in [3.63, 3.8) is 0 Å². The molecular weight excluding hydrogens is 286 g/mol. The summed E-state index contributed by atoms with van der Waals surface area (Å²) in [5.74, 6) is -1.46. The lowest BCUT2D eigenvalue weighted by molar-refractivity contribution is 0.0687. The van der Waals surface area contributed by atoms with E-state index >= 15 is 0 Å². The first-order chi connectivity index (χ1) is 8.97. The molecule has 0 spiro atoms. The maximum atomic E-state index is 11.4. The normalized spacial score (nSPS) is 10.4. The highest BCUT2D eigenvalue weighted by Crippen LogP contribution is 2.22. The Kier molecular flexibility index (Phi) is 3.97. The van der Waals surface area contributed by atoms with Gasteiger partial charge in [0.15, 0.2) is 11.5 Å². The lowest BCUT2D eigenvalue weighted by Gasteiger charge is -1.97. The molecular formula is C13H10ClNO3S. The van der Waals surface area contributed by atoms with E-state index in [2.05, 4.69) is 4.98 Å². The number of carboxylic acid groups (broad SMARTS) is 1. The van der Waals surface area contributed by atoms with Gasteiger partial charge in [-0.25, -0.2) is 9.78 Å². The molecule has 0 amide bonds. The van der Waals surface area contributed by atoms with Gasteiger partial charge in [0, 0.05) is 18.4 Å². The van der Waals surface area contributed by atoms with Crippen LogP contribution in [0.15, 0.2) is 24.3 Å². The fourth-order valence-electron chi connectivity index (χ4n) is 1.60. The zero-order valence-corrected chi connectivity index (χ0v) is 11.6. The predicted octanol–water partition coefficient (Wildman–Crippen LogP) is 3.29. The maximum absolute atomic E-state index is 11.4. The van der Waals surface area contributed by atoms with E-state index in [0.717, 1.165) is 16.9 Å². The van der Waals surface area contributed by atoms with Gasteiger partial charge in [-0.05, 0) is 17.7 Å². The number of hydrogen-bond acceptors (Lipinski definition) is 4. The largest absolute Gasteiger partial charge is 0.476 e. The molecule has 0 saturated heterocycles. The van der Waals surface area contributed by atoms with Gasteiger partial charge in [-0.15, -0.1) is 11.3 Å². The molecule has 1 N–H and O–H groups in total. The fourth-order valence-corrected chi connectivity index (χ4v) is 2.71. The van der Waals surface area contributed by atoms with Gasteiger partial charge in [0.05, 0.1) is 5.01 Å². The molecule has 0 aliphatic rings. The van der Waals surface area contributed by atoms with E-state index in [9.17, 15) is 9.59 Å². The monoisotopic (exact) mass is 295 g/mol. The lowest BCUT2D eigenvalue weighted by atomic mass is 10.2. The zero-order valence-electron chi connectivity index (χ0n) is 10.0. The Morgan fingerprint density at radius 2 is 1.95 bits per heavy atom. The smallest absolute Gasteiger partial charge is 0.356 e. The van der Waals surface area contributed by atoms with E-state index in [1.807, 2.05) is 12.1 Å². The summed E-state index contributed by atoms with van der Waals surface area (Å²) in [4.78, 5) is 26.6. The van der Waals surface area contributed by atoms with Gasteiger partial charge in [0.2, 0.25) is 0 Å². The number of ketones is 1.